The molecule has 0 radical (unpaired) electrons. The van der Waals surface area contributed by atoms with Gasteiger partial charge in [-0.15, -0.1) is 0 Å². The van der Waals surface area contributed by atoms with Gasteiger partial charge in [-0.25, -0.2) is 9.97 Å². The van der Waals surface area contributed by atoms with Crippen molar-refractivity contribution < 1.29 is 14.3 Å². The van der Waals surface area contributed by atoms with Crippen LogP contribution in [0.15, 0.2) is 65.2 Å². The lowest BCUT2D eigenvalue weighted by Crippen LogP contribution is -2.19. The maximum atomic E-state index is 9.98. The number of furan rings is 1. The first-order chi connectivity index (χ1) is 18.0. The molecule has 2 aliphatic rings. The number of nitrogens with zero attached hydrogens (tertiary/aromatic N) is 3. The summed E-state index contributed by atoms with van der Waals surface area (Å²) in [5.74, 6) is 3.35. The van der Waals surface area contributed by atoms with Crippen LogP contribution in [0.3, 0.4) is 0 Å². The number of aliphatic hydroxyl groups excluding tert-OH is 1. The molecule has 7 nitrogen and oxygen atoms in total. The molecule has 4 aromatic rings. The standard InChI is InChI=1S/C30H32N4O3/c1-34(2)13-14-36-21-7-3-18(4-8-21)28-17-24(29(37-28)26-11-12-32-30(31)33-26)20-5-9-22-19(15-20)6-10-23(22)25-16-27(25)35/h3-5,7-9,11-12,15,17,23,25,27,35H,6,10,13-14,16H2,1-2H3,(H2,31,32,33). The molecular formula is C30H32N4O3. The number of aromatic nitrogens is 2. The normalized spacial score (nSPS) is 20.3. The SMILES string of the molecule is CN(C)CCOc1ccc(-c2cc(-c3ccc4c(c3)CCC4C3CC3O)c(-c3ccnc(N)n3)o2)cc1. The Morgan fingerprint density at radius 3 is 2.59 bits per heavy atom. The number of hydrogen-bond acceptors (Lipinski definition) is 7. The van der Waals surface area contributed by atoms with Crippen LogP contribution in [-0.4, -0.2) is 53.3 Å². The predicted molar refractivity (Wildman–Crippen MR) is 144 cm³/mol. The number of rotatable bonds is 8. The van der Waals surface area contributed by atoms with Crippen molar-refractivity contribution in [3.05, 3.63) is 71.9 Å². The van der Waals surface area contributed by atoms with Gasteiger partial charge in [0.1, 0.15) is 23.8 Å². The largest absolute Gasteiger partial charge is 0.492 e. The Morgan fingerprint density at radius 2 is 1.86 bits per heavy atom. The second kappa shape index (κ2) is 9.65. The van der Waals surface area contributed by atoms with Crippen LogP contribution in [-0.2, 0) is 6.42 Å². The molecule has 3 N–H and O–H groups in total. The van der Waals surface area contributed by atoms with E-state index < -0.39 is 0 Å². The third kappa shape index (κ3) is 4.84. The lowest BCUT2D eigenvalue weighted by atomic mass is 9.93. The number of aliphatic hydroxyl groups is 1. The third-order valence-corrected chi connectivity index (χ3v) is 7.48. The van der Waals surface area contributed by atoms with Crippen molar-refractivity contribution >= 4 is 5.95 Å². The number of anilines is 1. The zero-order valence-electron chi connectivity index (χ0n) is 21.2. The van der Waals surface area contributed by atoms with Gasteiger partial charge in [-0.2, -0.15) is 0 Å². The molecule has 3 unspecified atom stereocenters. The van der Waals surface area contributed by atoms with E-state index in [9.17, 15) is 5.11 Å². The van der Waals surface area contributed by atoms with E-state index in [1.165, 1.54) is 11.1 Å². The molecule has 2 aromatic carbocycles. The minimum atomic E-state index is -0.133. The molecule has 1 saturated carbocycles. The first-order valence-corrected chi connectivity index (χ1v) is 12.9. The zero-order valence-corrected chi connectivity index (χ0v) is 21.2. The lowest BCUT2D eigenvalue weighted by Gasteiger charge is -2.11. The van der Waals surface area contributed by atoms with Crippen LogP contribution in [0.4, 0.5) is 5.95 Å². The Labute approximate surface area is 216 Å². The van der Waals surface area contributed by atoms with E-state index in [0.717, 1.165) is 54.0 Å². The summed E-state index contributed by atoms with van der Waals surface area (Å²) in [5, 5.41) is 9.98. The summed E-state index contributed by atoms with van der Waals surface area (Å²) in [5.41, 5.74) is 12.3. The van der Waals surface area contributed by atoms with Crippen molar-refractivity contribution in [2.45, 2.75) is 31.3 Å². The zero-order chi connectivity index (χ0) is 25.5. The van der Waals surface area contributed by atoms with Crippen molar-refractivity contribution in [3.63, 3.8) is 0 Å². The Morgan fingerprint density at radius 1 is 1.08 bits per heavy atom. The number of likely N-dealkylation sites (N-methyl/N-ethyl adjacent to an activating group) is 1. The highest BCUT2D eigenvalue weighted by Crippen LogP contribution is 2.50. The minimum absolute atomic E-state index is 0.133. The van der Waals surface area contributed by atoms with E-state index >= 15 is 0 Å². The minimum Gasteiger partial charge on any atom is -0.492 e. The quantitative estimate of drug-likeness (QED) is 0.354. The molecule has 2 heterocycles. The molecule has 3 atom stereocenters. The highest BCUT2D eigenvalue weighted by atomic mass is 16.5. The van der Waals surface area contributed by atoms with Gasteiger partial charge >= 0.3 is 0 Å². The summed E-state index contributed by atoms with van der Waals surface area (Å²) in [6.07, 6.45) is 4.59. The first-order valence-electron chi connectivity index (χ1n) is 12.9. The van der Waals surface area contributed by atoms with Crippen LogP contribution in [0.5, 0.6) is 5.75 Å². The second-order valence-electron chi connectivity index (χ2n) is 10.4. The second-order valence-corrected chi connectivity index (χ2v) is 10.4. The van der Waals surface area contributed by atoms with Gasteiger partial charge in [-0.1, -0.05) is 18.2 Å². The summed E-state index contributed by atoms with van der Waals surface area (Å²) < 4.78 is 12.3. The van der Waals surface area contributed by atoms with Gasteiger partial charge < -0.3 is 24.9 Å². The molecule has 0 bridgehead atoms. The van der Waals surface area contributed by atoms with Gasteiger partial charge in [0.05, 0.1) is 6.10 Å². The van der Waals surface area contributed by atoms with E-state index in [-0.39, 0.29) is 12.1 Å². The first kappa shape index (κ1) is 23.7. The van der Waals surface area contributed by atoms with Crippen LogP contribution in [0.1, 0.15) is 29.9 Å². The molecule has 0 spiro atoms. The maximum absolute atomic E-state index is 9.98. The number of hydrogen-bond donors (Lipinski definition) is 2. The summed E-state index contributed by atoms with van der Waals surface area (Å²) in [6, 6.07) is 18.5. The van der Waals surface area contributed by atoms with Gasteiger partial charge in [0, 0.05) is 23.9 Å². The van der Waals surface area contributed by atoms with Crippen molar-refractivity contribution in [3.8, 4) is 39.7 Å². The number of aryl methyl sites for hydroxylation is 1. The highest BCUT2D eigenvalue weighted by molar-refractivity contribution is 5.83. The van der Waals surface area contributed by atoms with E-state index in [1.54, 1.807) is 6.20 Å². The third-order valence-electron chi connectivity index (χ3n) is 7.48. The Balaban J connectivity index is 1.34. The molecule has 2 aromatic heterocycles. The van der Waals surface area contributed by atoms with Crippen molar-refractivity contribution in [2.24, 2.45) is 5.92 Å². The summed E-state index contributed by atoms with van der Waals surface area (Å²) in [6.45, 7) is 1.49. The van der Waals surface area contributed by atoms with E-state index in [4.69, 9.17) is 14.9 Å². The molecule has 2 aliphatic carbocycles. The average Bonchev–Trinajstić information content (AvgIpc) is 3.28. The molecule has 0 saturated heterocycles. The molecular weight excluding hydrogens is 464 g/mol. The van der Waals surface area contributed by atoms with Crippen LogP contribution in [0.25, 0.3) is 33.9 Å². The number of benzene rings is 2. The summed E-state index contributed by atoms with van der Waals surface area (Å²) >= 11 is 0. The molecule has 0 aliphatic heterocycles. The Kier molecular flexibility index (Phi) is 6.18. The van der Waals surface area contributed by atoms with E-state index in [1.807, 2.05) is 44.4 Å². The Bertz CT molecular complexity index is 1410. The number of nitrogens with two attached hydrogens (primary N) is 1. The molecule has 37 heavy (non-hydrogen) atoms. The lowest BCUT2D eigenvalue weighted by molar-refractivity contribution is 0.250. The van der Waals surface area contributed by atoms with Crippen LogP contribution in [0, 0.1) is 5.92 Å². The molecule has 0 amide bonds. The molecule has 1 fully saturated rings. The Hall–Kier alpha value is -3.68. The van der Waals surface area contributed by atoms with Crippen LogP contribution >= 0.6 is 0 Å². The fourth-order valence-electron chi connectivity index (χ4n) is 5.40. The maximum Gasteiger partial charge on any atom is 0.220 e. The molecule has 6 rings (SSSR count). The number of ether oxygens (including phenoxy) is 1. The smallest absolute Gasteiger partial charge is 0.220 e. The monoisotopic (exact) mass is 496 g/mol. The van der Waals surface area contributed by atoms with Crippen molar-refractivity contribution in [1.82, 2.24) is 14.9 Å². The average molecular weight is 497 g/mol. The van der Waals surface area contributed by atoms with Crippen LogP contribution in [0.2, 0.25) is 0 Å². The number of nitrogen functional groups attached to an aromatic ring is 1. The van der Waals surface area contributed by atoms with Crippen molar-refractivity contribution in [1.29, 1.82) is 0 Å². The van der Waals surface area contributed by atoms with Crippen LogP contribution < -0.4 is 10.5 Å². The van der Waals surface area contributed by atoms with Gasteiger partial charge in [0.25, 0.3) is 0 Å². The summed E-state index contributed by atoms with van der Waals surface area (Å²) in [4.78, 5) is 10.6. The van der Waals surface area contributed by atoms with Crippen molar-refractivity contribution in [2.75, 3.05) is 33.0 Å². The fraction of sp³-hybridized carbons (Fsp3) is 0.333. The van der Waals surface area contributed by atoms with E-state index in [0.29, 0.717) is 29.9 Å². The van der Waals surface area contributed by atoms with Gasteiger partial charge in [-0.05, 0) is 98.3 Å². The number of fused-ring (bicyclic) bond motifs is 1. The topological polar surface area (TPSA) is 97.6 Å². The van der Waals surface area contributed by atoms with Gasteiger partial charge in [0.15, 0.2) is 5.76 Å². The summed E-state index contributed by atoms with van der Waals surface area (Å²) in [7, 11) is 4.06. The predicted octanol–water partition coefficient (Wildman–Crippen LogP) is 5.00. The molecule has 190 valence electrons. The van der Waals surface area contributed by atoms with E-state index in [2.05, 4.69) is 39.1 Å². The highest BCUT2D eigenvalue weighted by Gasteiger charge is 2.44. The fourth-order valence-corrected chi connectivity index (χ4v) is 5.40. The van der Waals surface area contributed by atoms with Gasteiger partial charge in [-0.3, -0.25) is 0 Å². The van der Waals surface area contributed by atoms with Gasteiger partial charge in [0.2, 0.25) is 5.95 Å². The molecule has 7 heteroatoms.